The van der Waals surface area contributed by atoms with Crippen LogP contribution >= 0.6 is 0 Å². The van der Waals surface area contributed by atoms with Crippen molar-refractivity contribution in [3.8, 4) is 0 Å². The molecule has 2 N–H and O–H groups in total. The molecule has 0 aliphatic carbocycles. The summed E-state index contributed by atoms with van der Waals surface area (Å²) in [5.74, 6) is -0.124. The number of carbonyl (C=O) groups is 1. The Kier molecular flexibility index (Phi) is 31.7. The maximum absolute atomic E-state index is 12.0. The normalized spacial score (nSPS) is 12.8. The van der Waals surface area contributed by atoms with Crippen molar-refractivity contribution in [2.24, 2.45) is 5.73 Å². The number of esters is 1. The van der Waals surface area contributed by atoms with Crippen molar-refractivity contribution in [1.29, 1.82) is 0 Å². The van der Waals surface area contributed by atoms with Crippen molar-refractivity contribution in [2.75, 3.05) is 0 Å². The van der Waals surface area contributed by atoms with E-state index < -0.39 is 6.23 Å². The molecule has 0 aliphatic rings. The van der Waals surface area contributed by atoms with Crippen LogP contribution in [0.3, 0.4) is 0 Å². The Morgan fingerprint density at radius 1 is 0.538 bits per heavy atom. The largest absolute Gasteiger partial charge is 0.447 e. The summed E-state index contributed by atoms with van der Waals surface area (Å²) < 4.78 is 5.40. The maximum atomic E-state index is 12.0. The van der Waals surface area contributed by atoms with Crippen molar-refractivity contribution in [1.82, 2.24) is 0 Å². The number of allylic oxidation sites excluding steroid dienone is 6. The predicted octanol–water partition coefficient (Wildman–Crippen LogP) is 11.7. The van der Waals surface area contributed by atoms with Crippen molar-refractivity contribution >= 4 is 5.97 Å². The average Bonchev–Trinajstić information content (AvgIpc) is 2.93. The summed E-state index contributed by atoms with van der Waals surface area (Å²) in [5.41, 5.74) is 6.02. The lowest BCUT2D eigenvalue weighted by Crippen LogP contribution is -2.26. The third-order valence-corrected chi connectivity index (χ3v) is 7.36. The first kappa shape index (κ1) is 37.6. The lowest BCUT2D eigenvalue weighted by molar-refractivity contribution is -0.149. The number of hydrogen-bond acceptors (Lipinski definition) is 3. The summed E-state index contributed by atoms with van der Waals surface area (Å²) in [4.78, 5) is 12.0. The fourth-order valence-electron chi connectivity index (χ4n) is 4.78. The fraction of sp³-hybridized carbons (Fsp3) is 0.806. The summed E-state index contributed by atoms with van der Waals surface area (Å²) in [6, 6.07) is 0. The van der Waals surface area contributed by atoms with Crippen LogP contribution in [0.1, 0.15) is 181 Å². The van der Waals surface area contributed by atoms with Gasteiger partial charge < -0.3 is 4.74 Å². The highest BCUT2D eigenvalue weighted by Crippen LogP contribution is 2.12. The Morgan fingerprint density at radius 2 is 0.923 bits per heavy atom. The van der Waals surface area contributed by atoms with E-state index in [0.717, 1.165) is 38.5 Å². The molecule has 1 atom stereocenters. The van der Waals surface area contributed by atoms with Gasteiger partial charge in [-0.2, -0.15) is 0 Å². The number of unbranched alkanes of at least 4 members (excludes halogenated alkanes) is 19. The molecule has 39 heavy (non-hydrogen) atoms. The minimum absolute atomic E-state index is 0.124. The van der Waals surface area contributed by atoms with Crippen molar-refractivity contribution in [2.45, 2.75) is 187 Å². The molecule has 3 heteroatoms. The molecule has 228 valence electrons. The van der Waals surface area contributed by atoms with Gasteiger partial charge in [-0.25, -0.2) is 0 Å². The summed E-state index contributed by atoms with van der Waals surface area (Å²) in [7, 11) is 0. The number of rotatable bonds is 30. The first-order valence-electron chi connectivity index (χ1n) is 17.1. The Bertz CT molecular complexity index is 581. The standard InChI is InChI=1S/C36H67NO2/c1-3-5-7-9-11-13-15-17-19-21-23-25-27-29-31-33-35(37)39-36(38)34-32-30-28-26-24-22-20-18-16-14-12-10-8-6-4-2/h12,14,17-20,35H,3-11,13,15-16,21-34,37H2,1-2H3/b14-12-,19-17-,20-18-. The van der Waals surface area contributed by atoms with Crippen LogP contribution in [0.5, 0.6) is 0 Å². The van der Waals surface area contributed by atoms with Gasteiger partial charge in [0.15, 0.2) is 6.23 Å². The molecule has 0 amide bonds. The predicted molar refractivity (Wildman–Crippen MR) is 173 cm³/mol. The Balaban J connectivity index is 3.39. The van der Waals surface area contributed by atoms with Crippen LogP contribution in [0.15, 0.2) is 36.5 Å². The topological polar surface area (TPSA) is 52.3 Å². The van der Waals surface area contributed by atoms with E-state index in [0.29, 0.717) is 6.42 Å². The lowest BCUT2D eigenvalue weighted by atomic mass is 10.1. The van der Waals surface area contributed by atoms with Crippen LogP contribution in [0.2, 0.25) is 0 Å². The molecule has 0 aromatic rings. The molecular weight excluding hydrogens is 478 g/mol. The van der Waals surface area contributed by atoms with E-state index in [-0.39, 0.29) is 5.97 Å². The fourth-order valence-corrected chi connectivity index (χ4v) is 4.78. The summed E-state index contributed by atoms with van der Waals surface area (Å²) in [5, 5.41) is 0. The van der Waals surface area contributed by atoms with E-state index >= 15 is 0 Å². The molecule has 0 aromatic carbocycles. The average molecular weight is 546 g/mol. The van der Waals surface area contributed by atoms with Gasteiger partial charge in [0.05, 0.1) is 0 Å². The van der Waals surface area contributed by atoms with E-state index in [1.807, 2.05) is 0 Å². The zero-order valence-corrected chi connectivity index (χ0v) is 26.3. The van der Waals surface area contributed by atoms with Gasteiger partial charge in [-0.1, -0.05) is 134 Å². The molecule has 0 radical (unpaired) electrons. The van der Waals surface area contributed by atoms with Gasteiger partial charge in [0.1, 0.15) is 0 Å². The SMILES string of the molecule is CCCCC/C=C\C/C=C\CCCCCCCC(=O)OC(N)CCCCCCC/C=C\CCCCCCCC. The monoisotopic (exact) mass is 546 g/mol. The van der Waals surface area contributed by atoms with Crippen molar-refractivity contribution in [3.63, 3.8) is 0 Å². The minimum atomic E-state index is -0.430. The molecule has 0 fully saturated rings. The molecular formula is C36H67NO2. The molecule has 0 aromatic heterocycles. The van der Waals surface area contributed by atoms with Crippen LogP contribution in [0.25, 0.3) is 0 Å². The Morgan fingerprint density at radius 3 is 1.46 bits per heavy atom. The Labute approximate surface area is 244 Å². The second-order valence-electron chi connectivity index (χ2n) is 11.4. The van der Waals surface area contributed by atoms with Gasteiger partial charge in [0, 0.05) is 6.42 Å². The molecule has 0 aliphatic heterocycles. The molecule has 0 rings (SSSR count). The van der Waals surface area contributed by atoms with Crippen LogP contribution in [0, 0.1) is 0 Å². The van der Waals surface area contributed by atoms with Gasteiger partial charge in [-0.3, -0.25) is 10.5 Å². The van der Waals surface area contributed by atoms with Gasteiger partial charge >= 0.3 is 5.97 Å². The van der Waals surface area contributed by atoms with Gasteiger partial charge in [-0.05, 0) is 77.0 Å². The number of ether oxygens (including phenoxy) is 1. The molecule has 3 nitrogen and oxygen atoms in total. The molecule has 0 spiro atoms. The molecule has 0 heterocycles. The summed E-state index contributed by atoms with van der Waals surface area (Å²) in [6.07, 6.45) is 44.7. The smallest absolute Gasteiger partial charge is 0.307 e. The molecule has 0 saturated heterocycles. The quantitative estimate of drug-likeness (QED) is 0.0422. The molecule has 1 unspecified atom stereocenters. The second-order valence-corrected chi connectivity index (χ2v) is 11.4. The molecule has 0 bridgehead atoms. The number of hydrogen-bond donors (Lipinski definition) is 1. The highest BCUT2D eigenvalue weighted by molar-refractivity contribution is 5.69. The first-order valence-corrected chi connectivity index (χ1v) is 17.1. The maximum Gasteiger partial charge on any atom is 0.307 e. The van der Waals surface area contributed by atoms with E-state index in [1.165, 1.54) is 122 Å². The summed E-state index contributed by atoms with van der Waals surface area (Å²) >= 11 is 0. The second kappa shape index (κ2) is 32.9. The van der Waals surface area contributed by atoms with Gasteiger partial charge in [0.25, 0.3) is 0 Å². The van der Waals surface area contributed by atoms with E-state index in [1.54, 1.807) is 0 Å². The first-order chi connectivity index (χ1) is 19.2. The van der Waals surface area contributed by atoms with E-state index in [2.05, 4.69) is 50.3 Å². The van der Waals surface area contributed by atoms with Crippen LogP contribution in [-0.4, -0.2) is 12.2 Å². The zero-order valence-electron chi connectivity index (χ0n) is 26.3. The zero-order chi connectivity index (χ0) is 28.5. The van der Waals surface area contributed by atoms with Crippen molar-refractivity contribution in [3.05, 3.63) is 36.5 Å². The minimum Gasteiger partial charge on any atom is -0.447 e. The third kappa shape index (κ3) is 32.8. The highest BCUT2D eigenvalue weighted by Gasteiger charge is 2.09. The number of nitrogens with two attached hydrogens (primary N) is 1. The van der Waals surface area contributed by atoms with E-state index in [9.17, 15) is 4.79 Å². The molecule has 0 saturated carbocycles. The lowest BCUT2D eigenvalue weighted by Gasteiger charge is -2.13. The number of carbonyl (C=O) groups excluding carboxylic acids is 1. The van der Waals surface area contributed by atoms with Crippen molar-refractivity contribution < 1.29 is 9.53 Å². The van der Waals surface area contributed by atoms with Gasteiger partial charge in [0.2, 0.25) is 0 Å². The third-order valence-electron chi connectivity index (χ3n) is 7.36. The van der Waals surface area contributed by atoms with Crippen LogP contribution in [-0.2, 0) is 9.53 Å². The Hall–Kier alpha value is -1.35. The van der Waals surface area contributed by atoms with Crippen LogP contribution in [0.4, 0.5) is 0 Å². The van der Waals surface area contributed by atoms with E-state index in [4.69, 9.17) is 10.5 Å². The highest BCUT2D eigenvalue weighted by atomic mass is 16.6. The van der Waals surface area contributed by atoms with Gasteiger partial charge in [-0.15, -0.1) is 0 Å². The van der Waals surface area contributed by atoms with Crippen LogP contribution < -0.4 is 5.73 Å². The summed E-state index contributed by atoms with van der Waals surface area (Å²) in [6.45, 7) is 4.52.